The van der Waals surface area contributed by atoms with Crippen molar-refractivity contribution in [3.05, 3.63) is 71.5 Å². The SMILES string of the molecule is Cc1ccc(-n2c(C)nnc2SCC(=O)NC(CC(C)C)c2ccccc2)cc1. The number of carbonyl (C=O) groups is 1. The van der Waals surface area contributed by atoms with E-state index in [4.69, 9.17) is 0 Å². The van der Waals surface area contributed by atoms with E-state index in [2.05, 4.69) is 60.6 Å². The Bertz CT molecular complexity index is 935. The van der Waals surface area contributed by atoms with E-state index in [0.717, 1.165) is 28.7 Å². The van der Waals surface area contributed by atoms with E-state index < -0.39 is 0 Å². The standard InChI is InChI=1S/C23H28N4OS/c1-16(2)14-21(19-8-6-5-7-9-19)24-22(28)15-29-23-26-25-18(4)27(23)20-12-10-17(3)11-13-20/h5-13,16,21H,14-15H2,1-4H3,(H,24,28). The third-order valence-corrected chi connectivity index (χ3v) is 5.59. The minimum Gasteiger partial charge on any atom is -0.349 e. The van der Waals surface area contributed by atoms with Crippen molar-refractivity contribution >= 4 is 17.7 Å². The lowest BCUT2D eigenvalue weighted by Crippen LogP contribution is -2.31. The molecule has 0 saturated heterocycles. The first-order chi connectivity index (χ1) is 13.9. The number of amides is 1. The molecule has 5 nitrogen and oxygen atoms in total. The lowest BCUT2D eigenvalue weighted by molar-refractivity contribution is -0.119. The van der Waals surface area contributed by atoms with Crippen molar-refractivity contribution in [3.63, 3.8) is 0 Å². The fraction of sp³-hybridized carbons (Fsp3) is 0.348. The quantitative estimate of drug-likeness (QED) is 0.540. The normalized spacial score (nSPS) is 12.2. The van der Waals surface area contributed by atoms with Gasteiger partial charge in [0.1, 0.15) is 5.82 Å². The zero-order chi connectivity index (χ0) is 20.8. The van der Waals surface area contributed by atoms with Crippen molar-refractivity contribution in [3.8, 4) is 5.69 Å². The number of rotatable bonds is 8. The summed E-state index contributed by atoms with van der Waals surface area (Å²) in [5.41, 5.74) is 3.34. The summed E-state index contributed by atoms with van der Waals surface area (Å²) in [6.07, 6.45) is 0.902. The Labute approximate surface area is 176 Å². The average molecular weight is 409 g/mol. The number of hydrogen-bond acceptors (Lipinski definition) is 4. The number of aryl methyl sites for hydroxylation is 2. The number of nitrogens with zero attached hydrogens (tertiary/aromatic N) is 3. The second kappa shape index (κ2) is 9.74. The molecule has 6 heteroatoms. The smallest absolute Gasteiger partial charge is 0.230 e. The monoisotopic (exact) mass is 408 g/mol. The first kappa shape index (κ1) is 21.1. The summed E-state index contributed by atoms with van der Waals surface area (Å²) in [4.78, 5) is 12.7. The average Bonchev–Trinajstić information content (AvgIpc) is 3.07. The van der Waals surface area contributed by atoms with Gasteiger partial charge in [0.25, 0.3) is 0 Å². The van der Waals surface area contributed by atoms with Gasteiger partial charge in [-0.25, -0.2) is 0 Å². The lowest BCUT2D eigenvalue weighted by Gasteiger charge is -2.21. The molecule has 3 aromatic rings. The fourth-order valence-electron chi connectivity index (χ4n) is 3.23. The van der Waals surface area contributed by atoms with Crippen LogP contribution in [0.4, 0.5) is 0 Å². The lowest BCUT2D eigenvalue weighted by atomic mass is 9.97. The Morgan fingerprint density at radius 3 is 2.38 bits per heavy atom. The first-order valence-electron chi connectivity index (χ1n) is 9.90. The molecule has 0 aliphatic carbocycles. The Balaban J connectivity index is 1.68. The molecule has 0 bridgehead atoms. The number of benzene rings is 2. The molecule has 0 radical (unpaired) electrons. The second-order valence-corrected chi connectivity index (χ2v) is 8.59. The molecule has 0 aliphatic rings. The highest BCUT2D eigenvalue weighted by atomic mass is 32.2. The van der Waals surface area contributed by atoms with Crippen molar-refractivity contribution in [2.75, 3.05) is 5.75 Å². The summed E-state index contributed by atoms with van der Waals surface area (Å²) < 4.78 is 1.99. The van der Waals surface area contributed by atoms with Crippen molar-refractivity contribution in [1.82, 2.24) is 20.1 Å². The van der Waals surface area contributed by atoms with Crippen molar-refractivity contribution in [2.24, 2.45) is 5.92 Å². The molecule has 1 atom stereocenters. The van der Waals surface area contributed by atoms with Crippen LogP contribution in [0, 0.1) is 19.8 Å². The van der Waals surface area contributed by atoms with Gasteiger partial charge in [0.15, 0.2) is 5.16 Å². The third kappa shape index (κ3) is 5.70. The molecular weight excluding hydrogens is 380 g/mol. The molecule has 2 aromatic carbocycles. The second-order valence-electron chi connectivity index (χ2n) is 7.65. The van der Waals surface area contributed by atoms with E-state index in [-0.39, 0.29) is 11.9 Å². The number of nitrogens with one attached hydrogen (secondary N) is 1. The number of carbonyl (C=O) groups excluding carboxylic acids is 1. The predicted molar refractivity (Wildman–Crippen MR) is 118 cm³/mol. The summed E-state index contributed by atoms with van der Waals surface area (Å²) in [6, 6.07) is 18.4. The maximum Gasteiger partial charge on any atom is 0.230 e. The summed E-state index contributed by atoms with van der Waals surface area (Å²) >= 11 is 1.41. The highest BCUT2D eigenvalue weighted by molar-refractivity contribution is 7.99. The van der Waals surface area contributed by atoms with Crippen LogP contribution in [0.1, 0.15) is 43.3 Å². The maximum atomic E-state index is 12.7. The van der Waals surface area contributed by atoms with Gasteiger partial charge in [0, 0.05) is 5.69 Å². The zero-order valence-corrected chi connectivity index (χ0v) is 18.2. The van der Waals surface area contributed by atoms with E-state index in [1.54, 1.807) is 0 Å². The van der Waals surface area contributed by atoms with E-state index in [9.17, 15) is 4.79 Å². The molecule has 3 rings (SSSR count). The third-order valence-electron chi connectivity index (χ3n) is 4.66. The summed E-state index contributed by atoms with van der Waals surface area (Å²) in [7, 11) is 0. The molecule has 152 valence electrons. The summed E-state index contributed by atoms with van der Waals surface area (Å²) in [5, 5.41) is 12.4. The fourth-order valence-corrected chi connectivity index (χ4v) is 4.04. The maximum absolute atomic E-state index is 12.7. The van der Waals surface area contributed by atoms with Gasteiger partial charge in [0.2, 0.25) is 5.91 Å². The molecule has 1 N–H and O–H groups in total. The molecule has 29 heavy (non-hydrogen) atoms. The highest BCUT2D eigenvalue weighted by Crippen LogP contribution is 2.24. The molecule has 0 fully saturated rings. The van der Waals surface area contributed by atoms with Crippen LogP contribution in [0.25, 0.3) is 5.69 Å². The molecule has 1 heterocycles. The largest absolute Gasteiger partial charge is 0.349 e. The van der Waals surface area contributed by atoms with Gasteiger partial charge in [-0.15, -0.1) is 10.2 Å². The molecule has 1 aromatic heterocycles. The molecule has 1 unspecified atom stereocenters. The molecule has 0 aliphatic heterocycles. The van der Waals surface area contributed by atoms with E-state index >= 15 is 0 Å². The van der Waals surface area contributed by atoms with Gasteiger partial charge in [-0.05, 0) is 43.9 Å². The predicted octanol–water partition coefficient (Wildman–Crippen LogP) is 4.88. The van der Waals surface area contributed by atoms with Crippen molar-refractivity contribution in [1.29, 1.82) is 0 Å². The van der Waals surface area contributed by atoms with E-state index in [0.29, 0.717) is 11.7 Å². The number of hydrogen-bond donors (Lipinski definition) is 1. The number of aromatic nitrogens is 3. The van der Waals surface area contributed by atoms with Crippen LogP contribution in [-0.4, -0.2) is 26.4 Å². The van der Waals surface area contributed by atoms with E-state index in [1.165, 1.54) is 17.3 Å². The van der Waals surface area contributed by atoms with Crippen LogP contribution in [0.2, 0.25) is 0 Å². The summed E-state index contributed by atoms with van der Waals surface area (Å²) in [5.74, 6) is 1.59. The van der Waals surface area contributed by atoms with Crippen LogP contribution >= 0.6 is 11.8 Å². The van der Waals surface area contributed by atoms with Crippen LogP contribution in [0.3, 0.4) is 0 Å². The van der Waals surface area contributed by atoms with Gasteiger partial charge < -0.3 is 5.32 Å². The summed E-state index contributed by atoms with van der Waals surface area (Å²) in [6.45, 7) is 8.32. The molecule has 0 saturated carbocycles. The Kier molecular flexibility index (Phi) is 7.09. The Hall–Kier alpha value is -2.60. The Morgan fingerprint density at radius 2 is 1.72 bits per heavy atom. The van der Waals surface area contributed by atoms with Gasteiger partial charge >= 0.3 is 0 Å². The van der Waals surface area contributed by atoms with Crippen molar-refractivity contribution < 1.29 is 4.79 Å². The molecular formula is C23H28N4OS. The molecule has 1 amide bonds. The van der Waals surface area contributed by atoms with Gasteiger partial charge in [-0.1, -0.05) is 73.6 Å². The van der Waals surface area contributed by atoms with E-state index in [1.807, 2.05) is 41.8 Å². The highest BCUT2D eigenvalue weighted by Gasteiger charge is 2.18. The Morgan fingerprint density at radius 1 is 1.03 bits per heavy atom. The topological polar surface area (TPSA) is 59.8 Å². The van der Waals surface area contributed by atoms with Crippen molar-refractivity contribution in [2.45, 2.75) is 45.3 Å². The molecule has 0 spiro atoms. The van der Waals surface area contributed by atoms with Crippen LogP contribution in [0.15, 0.2) is 59.8 Å². The number of thioether (sulfide) groups is 1. The van der Waals surface area contributed by atoms with Crippen LogP contribution in [-0.2, 0) is 4.79 Å². The van der Waals surface area contributed by atoms with Gasteiger partial charge in [-0.3, -0.25) is 9.36 Å². The minimum atomic E-state index is 0.000567. The van der Waals surface area contributed by atoms with Crippen LogP contribution in [0.5, 0.6) is 0 Å². The first-order valence-corrected chi connectivity index (χ1v) is 10.9. The minimum absolute atomic E-state index is 0.000567. The van der Waals surface area contributed by atoms with Gasteiger partial charge in [0.05, 0.1) is 11.8 Å². The van der Waals surface area contributed by atoms with Gasteiger partial charge in [-0.2, -0.15) is 0 Å². The van der Waals surface area contributed by atoms with Crippen LogP contribution < -0.4 is 5.32 Å². The zero-order valence-electron chi connectivity index (χ0n) is 17.4.